The van der Waals surface area contributed by atoms with Crippen LogP contribution < -0.4 is 0 Å². The highest BCUT2D eigenvalue weighted by molar-refractivity contribution is 6.00. The Labute approximate surface area is 87.0 Å². The molecule has 0 aliphatic carbocycles. The summed E-state index contributed by atoms with van der Waals surface area (Å²) in [5, 5.41) is 12.6. The minimum atomic E-state index is -1.06. The molecule has 0 amide bonds. The molecular formula is C10H11N3O2. The van der Waals surface area contributed by atoms with Crippen LogP contribution in [0.5, 0.6) is 0 Å². The second kappa shape index (κ2) is 5.14. The maximum Gasteiger partial charge on any atom is 0.174 e. The standard InChI is InChI=1S/C10H11N3O2/c1-7(14)9(12-13-11)10(15)8-5-3-2-4-6-8/h2-7,9,14H,1H3/t7-,9-/m0/s1. The number of azide groups is 1. The summed E-state index contributed by atoms with van der Waals surface area (Å²) in [7, 11) is 0. The molecule has 78 valence electrons. The van der Waals surface area contributed by atoms with Crippen molar-refractivity contribution in [3.05, 3.63) is 46.3 Å². The molecule has 0 aliphatic rings. The van der Waals surface area contributed by atoms with Crippen molar-refractivity contribution in [3.63, 3.8) is 0 Å². The Kier molecular flexibility index (Phi) is 3.85. The zero-order chi connectivity index (χ0) is 11.3. The fraction of sp³-hybridized carbons (Fsp3) is 0.300. The van der Waals surface area contributed by atoms with Crippen molar-refractivity contribution in [2.24, 2.45) is 5.11 Å². The second-order valence-electron chi connectivity index (χ2n) is 3.12. The Bertz CT molecular complexity index is 383. The van der Waals surface area contributed by atoms with Gasteiger partial charge in [-0.1, -0.05) is 35.4 Å². The van der Waals surface area contributed by atoms with Crippen LogP contribution in [0.2, 0.25) is 0 Å². The van der Waals surface area contributed by atoms with Crippen LogP contribution in [0.25, 0.3) is 10.4 Å². The molecule has 0 saturated heterocycles. The number of aliphatic hydroxyl groups excluding tert-OH is 1. The Morgan fingerprint density at radius 3 is 2.53 bits per heavy atom. The van der Waals surface area contributed by atoms with Gasteiger partial charge in [-0.05, 0) is 12.5 Å². The molecule has 5 heteroatoms. The van der Waals surface area contributed by atoms with Gasteiger partial charge in [0.2, 0.25) is 0 Å². The van der Waals surface area contributed by atoms with Crippen LogP contribution in [0, 0.1) is 0 Å². The molecule has 0 unspecified atom stereocenters. The van der Waals surface area contributed by atoms with Gasteiger partial charge in [-0.2, -0.15) is 0 Å². The first-order valence-electron chi connectivity index (χ1n) is 4.48. The highest BCUT2D eigenvalue weighted by atomic mass is 16.3. The number of Topliss-reactive ketones (excluding diaryl/α,β-unsaturated/α-hetero) is 1. The van der Waals surface area contributed by atoms with Gasteiger partial charge in [0.1, 0.15) is 6.04 Å². The minimum absolute atomic E-state index is 0.372. The van der Waals surface area contributed by atoms with E-state index in [0.29, 0.717) is 5.56 Å². The minimum Gasteiger partial charge on any atom is -0.393 e. The number of carbonyl (C=O) groups is 1. The lowest BCUT2D eigenvalue weighted by atomic mass is 10.0. The fourth-order valence-electron chi connectivity index (χ4n) is 1.20. The predicted octanol–water partition coefficient (Wildman–Crippen LogP) is 1.93. The van der Waals surface area contributed by atoms with E-state index in [9.17, 15) is 9.90 Å². The van der Waals surface area contributed by atoms with E-state index in [1.54, 1.807) is 30.3 Å². The summed E-state index contributed by atoms with van der Waals surface area (Å²) in [6.07, 6.45) is -0.992. The number of aliphatic hydroxyl groups is 1. The molecule has 1 aromatic rings. The molecule has 0 spiro atoms. The van der Waals surface area contributed by atoms with Gasteiger partial charge < -0.3 is 5.11 Å². The Hall–Kier alpha value is -1.84. The Morgan fingerprint density at radius 2 is 2.07 bits per heavy atom. The molecule has 1 N–H and O–H groups in total. The molecule has 0 radical (unpaired) electrons. The van der Waals surface area contributed by atoms with Gasteiger partial charge in [-0.15, -0.1) is 0 Å². The molecule has 0 heterocycles. The average molecular weight is 205 g/mol. The van der Waals surface area contributed by atoms with E-state index in [1.165, 1.54) is 6.92 Å². The van der Waals surface area contributed by atoms with Crippen molar-refractivity contribution in [2.45, 2.75) is 19.1 Å². The third-order valence-corrected chi connectivity index (χ3v) is 1.96. The topological polar surface area (TPSA) is 86.1 Å². The van der Waals surface area contributed by atoms with Gasteiger partial charge in [0.25, 0.3) is 0 Å². The monoisotopic (exact) mass is 205 g/mol. The largest absolute Gasteiger partial charge is 0.393 e. The molecular weight excluding hydrogens is 194 g/mol. The number of carbonyl (C=O) groups excluding carboxylic acids is 1. The maximum atomic E-state index is 11.8. The molecule has 0 aromatic heterocycles. The third-order valence-electron chi connectivity index (χ3n) is 1.96. The van der Waals surface area contributed by atoms with Gasteiger partial charge >= 0.3 is 0 Å². The first kappa shape index (κ1) is 11.2. The number of benzene rings is 1. The summed E-state index contributed by atoms with van der Waals surface area (Å²) in [6, 6.07) is 7.37. The van der Waals surface area contributed by atoms with E-state index >= 15 is 0 Å². The van der Waals surface area contributed by atoms with Gasteiger partial charge in [-0.3, -0.25) is 4.79 Å². The first-order chi connectivity index (χ1) is 7.16. The summed E-state index contributed by atoms with van der Waals surface area (Å²) in [5.74, 6) is -0.372. The van der Waals surface area contributed by atoms with Crippen LogP contribution >= 0.6 is 0 Å². The van der Waals surface area contributed by atoms with Crippen molar-refractivity contribution in [3.8, 4) is 0 Å². The van der Waals surface area contributed by atoms with Gasteiger partial charge in [0.15, 0.2) is 5.78 Å². The fourth-order valence-corrected chi connectivity index (χ4v) is 1.20. The molecule has 15 heavy (non-hydrogen) atoms. The predicted molar refractivity (Wildman–Crippen MR) is 55.4 cm³/mol. The molecule has 0 aliphatic heterocycles. The van der Waals surface area contributed by atoms with Gasteiger partial charge in [0.05, 0.1) is 6.10 Å². The zero-order valence-corrected chi connectivity index (χ0v) is 8.24. The normalized spacial score (nSPS) is 13.7. The SMILES string of the molecule is C[C@H](O)[C@H](N=[N+]=[N-])C(=O)c1ccccc1. The van der Waals surface area contributed by atoms with Crippen molar-refractivity contribution < 1.29 is 9.90 Å². The van der Waals surface area contributed by atoms with Crippen molar-refractivity contribution in [2.75, 3.05) is 0 Å². The van der Waals surface area contributed by atoms with E-state index < -0.39 is 12.1 Å². The van der Waals surface area contributed by atoms with E-state index in [0.717, 1.165) is 0 Å². The first-order valence-corrected chi connectivity index (χ1v) is 4.48. The van der Waals surface area contributed by atoms with Crippen molar-refractivity contribution in [1.29, 1.82) is 0 Å². The number of nitrogens with zero attached hydrogens (tertiary/aromatic N) is 3. The van der Waals surface area contributed by atoms with Crippen LogP contribution in [0.4, 0.5) is 0 Å². The highest BCUT2D eigenvalue weighted by Crippen LogP contribution is 2.09. The summed E-state index contributed by atoms with van der Waals surface area (Å²) in [4.78, 5) is 14.3. The molecule has 5 nitrogen and oxygen atoms in total. The van der Waals surface area contributed by atoms with Crippen LogP contribution in [0.1, 0.15) is 17.3 Å². The number of hydrogen-bond acceptors (Lipinski definition) is 3. The zero-order valence-electron chi connectivity index (χ0n) is 8.24. The van der Waals surface area contributed by atoms with Crippen molar-refractivity contribution >= 4 is 5.78 Å². The molecule has 1 aromatic carbocycles. The molecule has 0 saturated carbocycles. The van der Waals surface area contributed by atoms with Crippen LogP contribution in [-0.2, 0) is 0 Å². The number of ketones is 1. The van der Waals surface area contributed by atoms with Crippen LogP contribution in [0.3, 0.4) is 0 Å². The highest BCUT2D eigenvalue weighted by Gasteiger charge is 2.23. The van der Waals surface area contributed by atoms with E-state index in [-0.39, 0.29) is 5.78 Å². The van der Waals surface area contributed by atoms with Crippen LogP contribution in [-0.4, -0.2) is 23.0 Å². The second-order valence-corrected chi connectivity index (χ2v) is 3.12. The smallest absolute Gasteiger partial charge is 0.174 e. The van der Waals surface area contributed by atoms with Gasteiger partial charge in [-0.25, -0.2) is 0 Å². The van der Waals surface area contributed by atoms with Gasteiger partial charge in [0, 0.05) is 10.5 Å². The number of rotatable bonds is 4. The lowest BCUT2D eigenvalue weighted by Gasteiger charge is -2.12. The Balaban J connectivity index is 2.96. The van der Waals surface area contributed by atoms with E-state index in [1.807, 2.05) is 0 Å². The number of hydrogen-bond donors (Lipinski definition) is 1. The van der Waals surface area contributed by atoms with Crippen LogP contribution in [0.15, 0.2) is 35.4 Å². The van der Waals surface area contributed by atoms with Crippen molar-refractivity contribution in [1.82, 2.24) is 0 Å². The molecule has 0 bridgehead atoms. The summed E-state index contributed by atoms with van der Waals surface area (Å²) in [5.41, 5.74) is 8.70. The molecule has 0 fully saturated rings. The summed E-state index contributed by atoms with van der Waals surface area (Å²) < 4.78 is 0. The molecule has 1 rings (SSSR count). The lowest BCUT2D eigenvalue weighted by Crippen LogP contribution is -2.29. The summed E-state index contributed by atoms with van der Waals surface area (Å²) in [6.45, 7) is 1.42. The Morgan fingerprint density at radius 1 is 1.47 bits per heavy atom. The average Bonchev–Trinajstić information content (AvgIpc) is 2.26. The third kappa shape index (κ3) is 2.80. The quantitative estimate of drug-likeness (QED) is 0.352. The maximum absolute atomic E-state index is 11.8. The summed E-state index contributed by atoms with van der Waals surface area (Å²) >= 11 is 0. The van der Waals surface area contributed by atoms with E-state index in [4.69, 9.17) is 5.53 Å². The molecule has 2 atom stereocenters. The lowest BCUT2D eigenvalue weighted by molar-refractivity contribution is 0.0848. The van der Waals surface area contributed by atoms with E-state index in [2.05, 4.69) is 10.0 Å².